The smallest absolute Gasteiger partial charge is 0.225 e. The van der Waals surface area contributed by atoms with Gasteiger partial charge in [-0.3, -0.25) is 4.79 Å². The van der Waals surface area contributed by atoms with E-state index in [-0.39, 0.29) is 11.8 Å². The molecule has 2 aromatic carbocycles. The second-order valence-electron chi connectivity index (χ2n) is 5.35. The van der Waals surface area contributed by atoms with Crippen molar-refractivity contribution in [1.29, 1.82) is 0 Å². The van der Waals surface area contributed by atoms with Crippen molar-refractivity contribution in [1.82, 2.24) is 0 Å². The Morgan fingerprint density at radius 1 is 1.10 bits per heavy atom. The Bertz CT molecular complexity index is 693. The van der Waals surface area contributed by atoms with Gasteiger partial charge in [0.05, 0.1) is 0 Å². The van der Waals surface area contributed by atoms with Gasteiger partial charge in [0.1, 0.15) is 0 Å². The van der Waals surface area contributed by atoms with Crippen molar-refractivity contribution in [3.8, 4) is 0 Å². The Kier molecular flexibility index (Phi) is 3.27. The molecule has 0 saturated carbocycles. The van der Waals surface area contributed by atoms with Gasteiger partial charge in [-0.15, -0.1) is 0 Å². The Morgan fingerprint density at radius 3 is 2.55 bits per heavy atom. The lowest BCUT2D eigenvalue weighted by Crippen LogP contribution is -2.24. The van der Waals surface area contributed by atoms with Crippen LogP contribution in [0, 0.1) is 13.8 Å². The second kappa shape index (κ2) is 4.95. The minimum Gasteiger partial charge on any atom is -0.326 e. The van der Waals surface area contributed by atoms with E-state index in [1.807, 2.05) is 30.3 Å². The maximum Gasteiger partial charge on any atom is 0.225 e. The minimum absolute atomic E-state index is 0.0340. The molecule has 1 amide bonds. The Balaban J connectivity index is 2.17. The van der Waals surface area contributed by atoms with Crippen LogP contribution in [0.5, 0.6) is 0 Å². The molecule has 0 fully saturated rings. The number of anilines is 1. The maximum atomic E-state index is 12.0. The predicted molar refractivity (Wildman–Crippen MR) is 82.5 cm³/mol. The van der Waals surface area contributed by atoms with E-state index in [0.29, 0.717) is 6.42 Å². The highest BCUT2D eigenvalue weighted by molar-refractivity contribution is 6.31. The summed E-state index contributed by atoms with van der Waals surface area (Å²) in [5, 5.41) is 3.68. The quantitative estimate of drug-likeness (QED) is 0.825. The summed E-state index contributed by atoms with van der Waals surface area (Å²) in [4.78, 5) is 12.0. The molecular weight excluding hydrogens is 270 g/mol. The molecule has 1 atom stereocenters. The van der Waals surface area contributed by atoms with Crippen molar-refractivity contribution in [3.05, 3.63) is 63.7 Å². The second-order valence-corrected chi connectivity index (χ2v) is 5.76. The number of rotatable bonds is 1. The number of hydrogen-bond donors (Lipinski definition) is 1. The highest BCUT2D eigenvalue weighted by Gasteiger charge is 2.28. The Morgan fingerprint density at radius 2 is 1.80 bits per heavy atom. The van der Waals surface area contributed by atoms with Gasteiger partial charge in [-0.2, -0.15) is 0 Å². The molecule has 1 aliphatic heterocycles. The predicted octanol–water partition coefficient (Wildman–Crippen LogP) is 4.43. The normalized spacial score (nSPS) is 17.6. The molecule has 0 aliphatic carbocycles. The van der Waals surface area contributed by atoms with E-state index >= 15 is 0 Å². The third-order valence-electron chi connectivity index (χ3n) is 3.99. The van der Waals surface area contributed by atoms with Crippen molar-refractivity contribution in [2.24, 2.45) is 0 Å². The molecule has 0 aromatic heterocycles. The molecular formula is C17H16ClNO. The number of carbonyl (C=O) groups is 1. The number of amides is 1. The minimum atomic E-state index is 0.0340. The number of carbonyl (C=O) groups excluding carboxylic acids is 1. The number of fused-ring (bicyclic) bond motifs is 1. The molecule has 3 heteroatoms. The van der Waals surface area contributed by atoms with Crippen LogP contribution < -0.4 is 5.32 Å². The first-order valence-electron chi connectivity index (χ1n) is 6.71. The van der Waals surface area contributed by atoms with Crippen LogP contribution in [0.15, 0.2) is 36.4 Å². The lowest BCUT2D eigenvalue weighted by atomic mass is 9.83. The molecule has 0 spiro atoms. The van der Waals surface area contributed by atoms with Crippen molar-refractivity contribution in [2.75, 3.05) is 5.32 Å². The van der Waals surface area contributed by atoms with Crippen LogP contribution in [-0.4, -0.2) is 5.91 Å². The standard InChI is InChI=1S/C17H16ClNO/c1-10-7-14-13(12-5-3-4-6-15(12)18)9-17(20)19-16(14)8-11(10)2/h3-8,13H,9H2,1-2H3,(H,19,20)/t13-/m1/s1. The molecule has 20 heavy (non-hydrogen) atoms. The van der Waals surface area contributed by atoms with Crippen molar-refractivity contribution >= 4 is 23.2 Å². The van der Waals surface area contributed by atoms with E-state index < -0.39 is 0 Å². The highest BCUT2D eigenvalue weighted by atomic mass is 35.5. The molecule has 1 heterocycles. The van der Waals surface area contributed by atoms with E-state index in [2.05, 4.69) is 25.2 Å². The lowest BCUT2D eigenvalue weighted by Gasteiger charge is -2.27. The fourth-order valence-electron chi connectivity index (χ4n) is 2.77. The first-order chi connectivity index (χ1) is 9.56. The molecule has 0 radical (unpaired) electrons. The van der Waals surface area contributed by atoms with E-state index in [1.165, 1.54) is 11.1 Å². The summed E-state index contributed by atoms with van der Waals surface area (Å²) in [6, 6.07) is 12.0. The molecule has 0 unspecified atom stereocenters. The van der Waals surface area contributed by atoms with Crippen LogP contribution in [0.1, 0.15) is 34.6 Å². The van der Waals surface area contributed by atoms with Gasteiger partial charge in [0, 0.05) is 23.0 Å². The number of aryl methyl sites for hydroxylation is 2. The average Bonchev–Trinajstić information content (AvgIpc) is 2.41. The number of benzene rings is 2. The van der Waals surface area contributed by atoms with Gasteiger partial charge in [0.25, 0.3) is 0 Å². The van der Waals surface area contributed by atoms with Crippen LogP contribution in [0.2, 0.25) is 5.02 Å². The lowest BCUT2D eigenvalue weighted by molar-refractivity contribution is -0.116. The van der Waals surface area contributed by atoms with E-state index in [4.69, 9.17) is 11.6 Å². The topological polar surface area (TPSA) is 29.1 Å². The largest absolute Gasteiger partial charge is 0.326 e. The average molecular weight is 286 g/mol. The first-order valence-corrected chi connectivity index (χ1v) is 7.09. The van der Waals surface area contributed by atoms with Gasteiger partial charge < -0.3 is 5.32 Å². The summed E-state index contributed by atoms with van der Waals surface area (Å²) in [7, 11) is 0. The van der Waals surface area contributed by atoms with Crippen molar-refractivity contribution in [3.63, 3.8) is 0 Å². The summed E-state index contributed by atoms with van der Waals surface area (Å²) >= 11 is 6.31. The van der Waals surface area contributed by atoms with Crippen molar-refractivity contribution in [2.45, 2.75) is 26.2 Å². The summed E-state index contributed by atoms with van der Waals surface area (Å²) in [6.07, 6.45) is 0.444. The van der Waals surface area contributed by atoms with E-state index in [1.54, 1.807) is 0 Å². The van der Waals surface area contributed by atoms with Crippen LogP contribution >= 0.6 is 11.6 Å². The SMILES string of the molecule is Cc1cc2c(cc1C)[C@@H](c1ccccc1Cl)CC(=O)N2. The van der Waals surface area contributed by atoms with Gasteiger partial charge in [-0.1, -0.05) is 35.9 Å². The molecule has 0 bridgehead atoms. The molecule has 3 rings (SSSR count). The summed E-state index contributed by atoms with van der Waals surface area (Å²) in [5.41, 5.74) is 5.50. The van der Waals surface area contributed by atoms with Gasteiger partial charge >= 0.3 is 0 Å². The van der Waals surface area contributed by atoms with Crippen LogP contribution in [-0.2, 0) is 4.79 Å². The Hall–Kier alpha value is -1.80. The zero-order valence-corrected chi connectivity index (χ0v) is 12.3. The van der Waals surface area contributed by atoms with E-state index in [9.17, 15) is 4.79 Å². The van der Waals surface area contributed by atoms with Crippen molar-refractivity contribution < 1.29 is 4.79 Å². The number of nitrogens with one attached hydrogen (secondary N) is 1. The molecule has 1 N–H and O–H groups in total. The maximum absolute atomic E-state index is 12.0. The Labute approximate surface area is 123 Å². The van der Waals surface area contributed by atoms with Gasteiger partial charge in [-0.05, 0) is 48.2 Å². The van der Waals surface area contributed by atoms with Gasteiger partial charge in [0.15, 0.2) is 0 Å². The molecule has 2 aromatic rings. The highest BCUT2D eigenvalue weighted by Crippen LogP contribution is 2.40. The fourth-order valence-corrected chi connectivity index (χ4v) is 3.03. The first kappa shape index (κ1) is 13.2. The summed E-state index contributed by atoms with van der Waals surface area (Å²) in [5.74, 6) is 0.0809. The molecule has 1 aliphatic rings. The van der Waals surface area contributed by atoms with Crippen LogP contribution in [0.3, 0.4) is 0 Å². The zero-order valence-electron chi connectivity index (χ0n) is 11.5. The number of hydrogen-bond acceptors (Lipinski definition) is 1. The van der Waals surface area contributed by atoms with E-state index in [0.717, 1.165) is 21.8 Å². The molecule has 102 valence electrons. The fraction of sp³-hybridized carbons (Fsp3) is 0.235. The number of halogens is 1. The third kappa shape index (κ3) is 2.20. The zero-order chi connectivity index (χ0) is 14.3. The van der Waals surface area contributed by atoms with Gasteiger partial charge in [-0.25, -0.2) is 0 Å². The monoisotopic (exact) mass is 285 g/mol. The summed E-state index contributed by atoms with van der Waals surface area (Å²) < 4.78 is 0. The van der Waals surface area contributed by atoms with Gasteiger partial charge in [0.2, 0.25) is 5.91 Å². The summed E-state index contributed by atoms with van der Waals surface area (Å²) in [6.45, 7) is 4.15. The van der Waals surface area contributed by atoms with Crippen LogP contribution in [0.25, 0.3) is 0 Å². The van der Waals surface area contributed by atoms with Crippen LogP contribution in [0.4, 0.5) is 5.69 Å². The molecule has 0 saturated heterocycles. The third-order valence-corrected chi connectivity index (χ3v) is 4.33. The molecule has 2 nitrogen and oxygen atoms in total.